The highest BCUT2D eigenvalue weighted by molar-refractivity contribution is 5.94. The highest BCUT2D eigenvalue weighted by Crippen LogP contribution is 2.14. The van der Waals surface area contributed by atoms with Crippen LogP contribution in [0.5, 0.6) is 0 Å². The fourth-order valence-corrected chi connectivity index (χ4v) is 2.46. The first-order valence-corrected chi connectivity index (χ1v) is 6.80. The first-order valence-electron chi connectivity index (χ1n) is 6.80. The molecule has 1 atom stereocenters. The number of aryl methyl sites for hydroxylation is 1. The highest BCUT2D eigenvalue weighted by atomic mass is 16.2. The molecule has 1 aliphatic rings. The fraction of sp³-hybridized carbons (Fsp3) is 0.533. The molecule has 0 aromatic heterocycles. The van der Waals surface area contributed by atoms with E-state index in [4.69, 9.17) is 0 Å². The Morgan fingerprint density at radius 2 is 2.11 bits per heavy atom. The van der Waals surface area contributed by atoms with Crippen molar-refractivity contribution < 1.29 is 4.79 Å². The summed E-state index contributed by atoms with van der Waals surface area (Å²) < 4.78 is 0. The maximum atomic E-state index is 12.5. The molecule has 1 saturated heterocycles. The van der Waals surface area contributed by atoms with Crippen LogP contribution in [0.4, 0.5) is 0 Å². The lowest BCUT2D eigenvalue weighted by Gasteiger charge is -2.28. The van der Waals surface area contributed by atoms with Crippen LogP contribution < -0.4 is 5.32 Å². The third kappa shape index (κ3) is 2.91. The van der Waals surface area contributed by atoms with Crippen molar-refractivity contribution >= 4 is 5.91 Å². The number of hydrogen-bond donors (Lipinski definition) is 1. The van der Waals surface area contributed by atoms with Crippen LogP contribution >= 0.6 is 0 Å². The van der Waals surface area contributed by atoms with Gasteiger partial charge in [-0.15, -0.1) is 0 Å². The van der Waals surface area contributed by atoms with E-state index in [1.54, 1.807) is 0 Å². The quantitative estimate of drug-likeness (QED) is 0.883. The summed E-state index contributed by atoms with van der Waals surface area (Å²) in [5, 5.41) is 3.33. The minimum Gasteiger partial charge on any atom is -0.334 e. The zero-order chi connectivity index (χ0) is 13.0. The number of amides is 1. The third-order valence-electron chi connectivity index (χ3n) is 3.50. The summed E-state index contributed by atoms with van der Waals surface area (Å²) in [7, 11) is 0. The van der Waals surface area contributed by atoms with E-state index in [1.807, 2.05) is 36.1 Å². The van der Waals surface area contributed by atoms with E-state index in [0.29, 0.717) is 6.04 Å². The van der Waals surface area contributed by atoms with Gasteiger partial charge in [-0.05, 0) is 38.4 Å². The number of carbonyl (C=O) groups is 1. The molecule has 1 fully saturated rings. The molecule has 3 nitrogen and oxygen atoms in total. The van der Waals surface area contributed by atoms with Gasteiger partial charge in [0.15, 0.2) is 0 Å². The first-order chi connectivity index (χ1) is 8.72. The van der Waals surface area contributed by atoms with E-state index in [-0.39, 0.29) is 5.91 Å². The lowest BCUT2D eigenvalue weighted by Crippen LogP contribution is -2.42. The number of nitrogens with zero attached hydrogens (tertiary/aromatic N) is 1. The van der Waals surface area contributed by atoms with E-state index < -0.39 is 0 Å². The molecule has 3 heteroatoms. The maximum absolute atomic E-state index is 12.5. The Hall–Kier alpha value is -1.35. The molecule has 1 amide bonds. The van der Waals surface area contributed by atoms with Gasteiger partial charge in [0.25, 0.3) is 5.91 Å². The van der Waals surface area contributed by atoms with Gasteiger partial charge in [0, 0.05) is 24.7 Å². The van der Waals surface area contributed by atoms with Crippen molar-refractivity contribution in [3.63, 3.8) is 0 Å². The van der Waals surface area contributed by atoms with Gasteiger partial charge in [-0.3, -0.25) is 4.79 Å². The summed E-state index contributed by atoms with van der Waals surface area (Å²) >= 11 is 0. The molecule has 1 unspecified atom stereocenters. The van der Waals surface area contributed by atoms with Crippen molar-refractivity contribution in [1.82, 2.24) is 10.2 Å². The second-order valence-corrected chi connectivity index (χ2v) is 5.01. The van der Waals surface area contributed by atoms with Gasteiger partial charge in [0.05, 0.1) is 0 Å². The predicted octanol–water partition coefficient (Wildman–Crippen LogP) is 2.21. The van der Waals surface area contributed by atoms with Crippen molar-refractivity contribution in [3.05, 3.63) is 35.4 Å². The van der Waals surface area contributed by atoms with Crippen LogP contribution in [0, 0.1) is 6.92 Å². The van der Waals surface area contributed by atoms with Crippen molar-refractivity contribution in [2.24, 2.45) is 0 Å². The Morgan fingerprint density at radius 1 is 1.39 bits per heavy atom. The van der Waals surface area contributed by atoms with Gasteiger partial charge in [-0.2, -0.15) is 0 Å². The van der Waals surface area contributed by atoms with Crippen LogP contribution in [-0.4, -0.2) is 36.5 Å². The molecular weight excluding hydrogens is 224 g/mol. The predicted molar refractivity (Wildman–Crippen MR) is 73.8 cm³/mol. The van der Waals surface area contributed by atoms with Crippen LogP contribution in [0.15, 0.2) is 24.3 Å². The minimum atomic E-state index is 0.172. The number of benzene rings is 1. The molecule has 18 heavy (non-hydrogen) atoms. The van der Waals surface area contributed by atoms with Crippen LogP contribution in [0.25, 0.3) is 0 Å². The highest BCUT2D eigenvalue weighted by Gasteiger charge is 2.26. The molecule has 98 valence electrons. The van der Waals surface area contributed by atoms with E-state index >= 15 is 0 Å². The van der Waals surface area contributed by atoms with E-state index in [0.717, 1.165) is 38.0 Å². The smallest absolute Gasteiger partial charge is 0.254 e. The van der Waals surface area contributed by atoms with Gasteiger partial charge in [0.1, 0.15) is 0 Å². The van der Waals surface area contributed by atoms with Crippen molar-refractivity contribution in [2.75, 3.05) is 19.6 Å². The Bertz CT molecular complexity index is 393. The summed E-state index contributed by atoms with van der Waals surface area (Å²) in [4.78, 5) is 14.6. The number of nitrogens with one attached hydrogen (secondary N) is 1. The summed E-state index contributed by atoms with van der Waals surface area (Å²) in [5.74, 6) is 0.172. The molecule has 0 aliphatic carbocycles. The average Bonchev–Trinajstić information content (AvgIpc) is 2.90. The van der Waals surface area contributed by atoms with Gasteiger partial charge in [0.2, 0.25) is 0 Å². The molecule has 1 aromatic carbocycles. The lowest BCUT2D eigenvalue weighted by atomic mass is 10.1. The number of carbonyl (C=O) groups excluding carboxylic acids is 1. The number of rotatable bonds is 4. The van der Waals surface area contributed by atoms with Crippen LogP contribution in [0.3, 0.4) is 0 Å². The van der Waals surface area contributed by atoms with Gasteiger partial charge in [-0.25, -0.2) is 0 Å². The van der Waals surface area contributed by atoms with Crippen LogP contribution in [-0.2, 0) is 0 Å². The molecule has 1 aliphatic heterocycles. The molecule has 0 spiro atoms. The lowest BCUT2D eigenvalue weighted by molar-refractivity contribution is 0.0692. The zero-order valence-corrected chi connectivity index (χ0v) is 11.3. The molecular formula is C15H22N2O. The Labute approximate surface area is 109 Å². The average molecular weight is 246 g/mol. The Kier molecular flexibility index (Phi) is 4.37. The Balaban J connectivity index is 2.14. The van der Waals surface area contributed by atoms with E-state index in [9.17, 15) is 4.79 Å². The molecule has 0 radical (unpaired) electrons. The molecule has 0 bridgehead atoms. The molecule has 1 N–H and O–H groups in total. The van der Waals surface area contributed by atoms with Crippen LogP contribution in [0.1, 0.15) is 35.7 Å². The Morgan fingerprint density at radius 3 is 2.67 bits per heavy atom. The summed E-state index contributed by atoms with van der Waals surface area (Å²) in [5.41, 5.74) is 2.00. The fourth-order valence-electron chi connectivity index (χ4n) is 2.46. The molecule has 0 saturated carbocycles. The monoisotopic (exact) mass is 246 g/mol. The maximum Gasteiger partial charge on any atom is 0.254 e. The number of hydrogen-bond acceptors (Lipinski definition) is 2. The zero-order valence-electron chi connectivity index (χ0n) is 11.3. The van der Waals surface area contributed by atoms with Crippen molar-refractivity contribution in [1.29, 1.82) is 0 Å². The normalized spacial score (nSPS) is 18.9. The van der Waals surface area contributed by atoms with Gasteiger partial charge >= 0.3 is 0 Å². The minimum absolute atomic E-state index is 0.172. The topological polar surface area (TPSA) is 32.3 Å². The molecule has 1 aromatic rings. The first kappa shape index (κ1) is 13.1. The third-order valence-corrected chi connectivity index (χ3v) is 3.50. The van der Waals surface area contributed by atoms with Gasteiger partial charge < -0.3 is 10.2 Å². The van der Waals surface area contributed by atoms with E-state index in [1.165, 1.54) is 5.56 Å². The van der Waals surface area contributed by atoms with Crippen molar-refractivity contribution in [2.45, 2.75) is 32.7 Å². The largest absolute Gasteiger partial charge is 0.334 e. The standard InChI is InChI=1S/C15H22N2O/c1-3-10-17(14-8-9-16-11-14)15(18)13-6-4-12(2)5-7-13/h4-7,14,16H,3,8-11H2,1-2H3. The van der Waals surface area contributed by atoms with E-state index in [2.05, 4.69) is 12.2 Å². The van der Waals surface area contributed by atoms with Crippen molar-refractivity contribution in [3.8, 4) is 0 Å². The molecule has 2 rings (SSSR count). The second kappa shape index (κ2) is 6.01. The summed E-state index contributed by atoms with van der Waals surface area (Å²) in [6, 6.07) is 8.23. The summed E-state index contributed by atoms with van der Waals surface area (Å²) in [6.45, 7) is 6.96. The molecule has 1 heterocycles. The second-order valence-electron chi connectivity index (χ2n) is 5.01. The van der Waals surface area contributed by atoms with Gasteiger partial charge in [-0.1, -0.05) is 24.6 Å². The summed E-state index contributed by atoms with van der Waals surface area (Å²) in [6.07, 6.45) is 2.08. The SMILES string of the molecule is CCCN(C(=O)c1ccc(C)cc1)C1CCNC1. The van der Waals surface area contributed by atoms with Crippen LogP contribution in [0.2, 0.25) is 0 Å².